The molecule has 0 bridgehead atoms. The molecule has 0 aromatic heterocycles. The molecule has 1 unspecified atom stereocenters. The summed E-state index contributed by atoms with van der Waals surface area (Å²) in [7, 11) is 0. The second kappa shape index (κ2) is 69.0. The Hall–Kier alpha value is -5.49. The molecule has 464 valence electrons. The van der Waals surface area contributed by atoms with Crippen LogP contribution in [0.5, 0.6) is 0 Å². The highest BCUT2D eigenvalue weighted by Gasteiger charge is 2.19. The molecular formula is C77H120O6. The van der Waals surface area contributed by atoms with E-state index in [9.17, 15) is 14.4 Å². The fraction of sp³-hybridized carbons (Fsp3) is 0.571. The molecule has 0 aromatic rings. The van der Waals surface area contributed by atoms with Gasteiger partial charge in [0.05, 0.1) is 0 Å². The molecule has 0 N–H and O–H groups in total. The van der Waals surface area contributed by atoms with E-state index in [0.29, 0.717) is 19.3 Å². The van der Waals surface area contributed by atoms with E-state index in [4.69, 9.17) is 14.2 Å². The molecule has 0 amide bonds. The minimum Gasteiger partial charge on any atom is -0.462 e. The molecule has 6 nitrogen and oxygen atoms in total. The van der Waals surface area contributed by atoms with Crippen molar-refractivity contribution in [2.75, 3.05) is 13.2 Å². The predicted octanol–water partition coefficient (Wildman–Crippen LogP) is 23.2. The van der Waals surface area contributed by atoms with Gasteiger partial charge in [0.2, 0.25) is 0 Å². The Morgan fingerprint density at radius 1 is 0.253 bits per heavy atom. The third-order valence-electron chi connectivity index (χ3n) is 13.4. The summed E-state index contributed by atoms with van der Waals surface area (Å²) in [5.41, 5.74) is 0. The number of esters is 3. The van der Waals surface area contributed by atoms with Crippen LogP contribution in [-0.2, 0) is 28.6 Å². The van der Waals surface area contributed by atoms with Crippen LogP contribution in [0.2, 0.25) is 0 Å². The van der Waals surface area contributed by atoms with Crippen molar-refractivity contribution in [2.24, 2.45) is 0 Å². The first kappa shape index (κ1) is 77.5. The number of carbonyl (C=O) groups is 3. The Balaban J connectivity index is 4.41. The second-order valence-corrected chi connectivity index (χ2v) is 21.3. The van der Waals surface area contributed by atoms with Gasteiger partial charge in [0.1, 0.15) is 13.2 Å². The number of ether oxygens (including phenoxy) is 3. The van der Waals surface area contributed by atoms with Gasteiger partial charge in [0, 0.05) is 19.3 Å². The van der Waals surface area contributed by atoms with Gasteiger partial charge >= 0.3 is 17.9 Å². The summed E-state index contributed by atoms with van der Waals surface area (Å²) >= 11 is 0. The minimum absolute atomic E-state index is 0.112. The van der Waals surface area contributed by atoms with Gasteiger partial charge in [-0.25, -0.2) is 0 Å². The highest BCUT2D eigenvalue weighted by Crippen LogP contribution is 2.14. The SMILES string of the molecule is CC/C=C\C/C=C\C/C=C\C/C=C\C/C=C\C/C=C\C/C=C\CCCCCCCCCCCC(=O)OCC(COC(=O)CCCCCCC/C=C\C/C=C\CCC)OC(=O)CCCC/C=C\C/C=C\C/C=C\C/C=C\C/C=C\C/C=C\CC. The van der Waals surface area contributed by atoms with Gasteiger partial charge in [-0.3, -0.25) is 14.4 Å². The number of carbonyl (C=O) groups excluding carboxylic acids is 3. The van der Waals surface area contributed by atoms with E-state index in [2.05, 4.69) is 203 Å². The zero-order valence-corrected chi connectivity index (χ0v) is 53.1. The van der Waals surface area contributed by atoms with Crippen LogP contribution >= 0.6 is 0 Å². The summed E-state index contributed by atoms with van der Waals surface area (Å²) in [6.45, 7) is 6.29. The predicted molar refractivity (Wildman–Crippen MR) is 361 cm³/mol. The van der Waals surface area contributed by atoms with Gasteiger partial charge < -0.3 is 14.2 Å². The maximum Gasteiger partial charge on any atom is 0.306 e. The molecule has 0 radical (unpaired) electrons. The Kier molecular flexibility index (Phi) is 64.4. The normalized spacial score (nSPS) is 13.3. The van der Waals surface area contributed by atoms with Gasteiger partial charge in [-0.2, -0.15) is 0 Å². The van der Waals surface area contributed by atoms with Gasteiger partial charge in [0.15, 0.2) is 6.10 Å². The summed E-state index contributed by atoms with van der Waals surface area (Å²) in [5, 5.41) is 0. The second-order valence-electron chi connectivity index (χ2n) is 21.3. The Morgan fingerprint density at radius 2 is 0.470 bits per heavy atom. The lowest BCUT2D eigenvalue weighted by Crippen LogP contribution is -2.30. The lowest BCUT2D eigenvalue weighted by molar-refractivity contribution is -0.167. The molecule has 0 fully saturated rings. The van der Waals surface area contributed by atoms with Crippen LogP contribution in [0, 0.1) is 0 Å². The maximum atomic E-state index is 12.9. The van der Waals surface area contributed by atoms with Crippen LogP contribution < -0.4 is 0 Å². The average molecular weight is 1140 g/mol. The fourth-order valence-corrected chi connectivity index (χ4v) is 8.46. The lowest BCUT2D eigenvalue weighted by atomic mass is 10.1. The van der Waals surface area contributed by atoms with Crippen molar-refractivity contribution >= 4 is 17.9 Å². The number of hydrogen-bond donors (Lipinski definition) is 0. The Labute approximate surface area is 510 Å². The Morgan fingerprint density at radius 3 is 0.759 bits per heavy atom. The monoisotopic (exact) mass is 1140 g/mol. The van der Waals surface area contributed by atoms with Gasteiger partial charge in [-0.15, -0.1) is 0 Å². The van der Waals surface area contributed by atoms with Crippen molar-refractivity contribution in [1.82, 2.24) is 0 Å². The van der Waals surface area contributed by atoms with Gasteiger partial charge in [-0.05, 0) is 154 Å². The zero-order valence-electron chi connectivity index (χ0n) is 53.1. The van der Waals surface area contributed by atoms with Crippen molar-refractivity contribution < 1.29 is 28.6 Å². The lowest BCUT2D eigenvalue weighted by Gasteiger charge is -2.18. The van der Waals surface area contributed by atoms with E-state index >= 15 is 0 Å². The molecule has 0 aliphatic rings. The quantitative estimate of drug-likeness (QED) is 0.0261. The molecule has 0 saturated heterocycles. The summed E-state index contributed by atoms with van der Waals surface area (Å²) in [5.74, 6) is -0.981. The molecular weight excluding hydrogens is 1020 g/mol. The van der Waals surface area contributed by atoms with Crippen LogP contribution in [-0.4, -0.2) is 37.2 Å². The first-order chi connectivity index (χ1) is 41.0. The van der Waals surface area contributed by atoms with Crippen LogP contribution in [0.15, 0.2) is 182 Å². The van der Waals surface area contributed by atoms with E-state index in [1.54, 1.807) is 0 Å². The van der Waals surface area contributed by atoms with E-state index in [-0.39, 0.29) is 37.5 Å². The molecule has 0 rings (SSSR count). The topological polar surface area (TPSA) is 78.9 Å². The number of allylic oxidation sites excluding steroid dienone is 30. The third kappa shape index (κ3) is 67.2. The molecule has 1 atom stereocenters. The van der Waals surface area contributed by atoms with Crippen molar-refractivity contribution in [1.29, 1.82) is 0 Å². The molecule has 83 heavy (non-hydrogen) atoms. The van der Waals surface area contributed by atoms with Crippen LogP contribution in [0.25, 0.3) is 0 Å². The standard InChI is InChI=1S/C77H120O6/c1-4-7-10-13-16-19-22-25-27-29-31-33-34-35-36-37-38-39-40-41-42-44-45-47-49-52-55-58-61-64-67-70-76(79)82-73-74(72-81-75(78)69-66-63-60-57-54-51-24-21-18-15-12-9-6-3)83-77(80)71-68-65-62-59-56-53-50-48-46-43-32-30-28-26-23-20-17-14-11-8-5-2/h7-8,10-12,15-17,19-21,24-28,31-33,35-36,38-39,41-43,48,50,56,59,74H,4-6,9,13-14,18,22-23,29-30,34,37,40,44-47,49,51-55,57-58,60-73H2,1-3H3/b10-7-,11-8-,15-12-,19-16-,20-17-,24-21-,27-25-,28-26-,33-31-,36-35-,39-38-,42-41-,43-32-,50-48-,59-56-. The number of unbranched alkanes of at least 4 members (excludes halogenated alkanes) is 17. The molecule has 0 spiro atoms. The van der Waals surface area contributed by atoms with Crippen LogP contribution in [0.1, 0.15) is 265 Å². The van der Waals surface area contributed by atoms with Gasteiger partial charge in [0.25, 0.3) is 0 Å². The molecule has 0 heterocycles. The third-order valence-corrected chi connectivity index (χ3v) is 13.4. The smallest absolute Gasteiger partial charge is 0.306 e. The van der Waals surface area contributed by atoms with E-state index in [0.717, 1.165) is 173 Å². The van der Waals surface area contributed by atoms with Crippen molar-refractivity contribution in [3.63, 3.8) is 0 Å². The first-order valence-corrected chi connectivity index (χ1v) is 33.3. The van der Waals surface area contributed by atoms with Crippen LogP contribution in [0.3, 0.4) is 0 Å². The largest absolute Gasteiger partial charge is 0.462 e. The molecule has 0 aliphatic heterocycles. The molecule has 0 saturated carbocycles. The van der Waals surface area contributed by atoms with Crippen molar-refractivity contribution in [2.45, 2.75) is 271 Å². The average Bonchev–Trinajstić information content (AvgIpc) is 3.49. The molecule has 0 aromatic carbocycles. The maximum absolute atomic E-state index is 12.9. The van der Waals surface area contributed by atoms with Crippen molar-refractivity contribution in [3.05, 3.63) is 182 Å². The van der Waals surface area contributed by atoms with Crippen LogP contribution in [0.4, 0.5) is 0 Å². The van der Waals surface area contributed by atoms with Crippen molar-refractivity contribution in [3.8, 4) is 0 Å². The van der Waals surface area contributed by atoms with Gasteiger partial charge in [-0.1, -0.05) is 274 Å². The van der Waals surface area contributed by atoms with E-state index < -0.39 is 6.10 Å². The summed E-state index contributed by atoms with van der Waals surface area (Å²) < 4.78 is 16.9. The first-order valence-electron chi connectivity index (χ1n) is 33.3. The molecule has 6 heteroatoms. The fourth-order valence-electron chi connectivity index (χ4n) is 8.46. The van der Waals surface area contributed by atoms with E-state index in [1.807, 2.05) is 0 Å². The number of hydrogen-bond acceptors (Lipinski definition) is 6. The number of rotatable bonds is 58. The minimum atomic E-state index is -0.821. The highest BCUT2D eigenvalue weighted by atomic mass is 16.6. The Bertz CT molecular complexity index is 1940. The summed E-state index contributed by atoms with van der Waals surface area (Å²) in [6, 6.07) is 0. The summed E-state index contributed by atoms with van der Waals surface area (Å²) in [4.78, 5) is 38.3. The summed E-state index contributed by atoms with van der Waals surface area (Å²) in [6.07, 6.45) is 103. The zero-order chi connectivity index (χ0) is 59.9. The molecule has 0 aliphatic carbocycles. The highest BCUT2D eigenvalue weighted by molar-refractivity contribution is 5.71. The van der Waals surface area contributed by atoms with E-state index in [1.165, 1.54) is 44.9 Å².